The molecule has 0 bridgehead atoms. The van der Waals surface area contributed by atoms with Gasteiger partial charge in [-0.25, -0.2) is 13.1 Å². The van der Waals surface area contributed by atoms with E-state index in [0.29, 0.717) is 10.8 Å². The Morgan fingerprint density at radius 1 is 1.41 bits per heavy atom. The molecule has 1 aromatic rings. The number of halogens is 1. The van der Waals surface area contributed by atoms with Crippen molar-refractivity contribution in [2.45, 2.75) is 20.0 Å². The van der Waals surface area contributed by atoms with Crippen LogP contribution in [0.1, 0.15) is 13.8 Å². The smallest absolute Gasteiger partial charge is 0.211 e. The molecule has 0 aliphatic rings. The quantitative estimate of drug-likeness (QED) is 0.866. The molecule has 0 aromatic heterocycles. The van der Waals surface area contributed by atoms with Crippen LogP contribution in [0.5, 0.6) is 5.75 Å². The molecule has 0 heterocycles. The van der Waals surface area contributed by atoms with Crippen LogP contribution in [0.15, 0.2) is 24.3 Å². The molecule has 6 heteroatoms. The molecular weight excluding hydrogens is 262 g/mol. The second kappa shape index (κ2) is 6.23. The lowest BCUT2D eigenvalue weighted by Gasteiger charge is -2.16. The second-order valence-electron chi connectivity index (χ2n) is 3.61. The van der Waals surface area contributed by atoms with E-state index in [1.807, 2.05) is 6.07 Å². The molecule has 1 atom stereocenters. The van der Waals surface area contributed by atoms with Crippen molar-refractivity contribution in [1.29, 1.82) is 0 Å². The maximum Gasteiger partial charge on any atom is 0.211 e. The van der Waals surface area contributed by atoms with E-state index in [2.05, 4.69) is 4.72 Å². The van der Waals surface area contributed by atoms with Crippen molar-refractivity contribution in [1.82, 2.24) is 4.72 Å². The standard InChI is InChI=1S/C11H16ClNO3S/c1-3-17(14,15)13-8-9(2)16-11-7-5-4-6-10(11)12/h4-7,9,13H,3,8H2,1-2H3/t9-/m0/s1. The highest BCUT2D eigenvalue weighted by Crippen LogP contribution is 2.23. The van der Waals surface area contributed by atoms with E-state index in [9.17, 15) is 8.42 Å². The van der Waals surface area contributed by atoms with Gasteiger partial charge in [0.1, 0.15) is 11.9 Å². The summed E-state index contributed by atoms with van der Waals surface area (Å²) in [6.45, 7) is 3.59. The zero-order chi connectivity index (χ0) is 12.9. The summed E-state index contributed by atoms with van der Waals surface area (Å²) in [5.41, 5.74) is 0. The van der Waals surface area contributed by atoms with E-state index in [1.165, 1.54) is 0 Å². The lowest BCUT2D eigenvalue weighted by molar-refractivity contribution is 0.225. The van der Waals surface area contributed by atoms with Gasteiger partial charge < -0.3 is 4.74 Å². The molecule has 0 saturated heterocycles. The van der Waals surface area contributed by atoms with E-state index >= 15 is 0 Å². The zero-order valence-electron chi connectivity index (χ0n) is 9.81. The average molecular weight is 278 g/mol. The molecule has 0 fully saturated rings. The third-order valence-corrected chi connectivity index (χ3v) is 3.81. The number of sulfonamides is 1. The Bertz CT molecular complexity index is 462. The van der Waals surface area contributed by atoms with E-state index in [-0.39, 0.29) is 18.4 Å². The van der Waals surface area contributed by atoms with Gasteiger partial charge in [0.05, 0.1) is 10.8 Å². The first-order valence-corrected chi connectivity index (χ1v) is 7.36. The highest BCUT2D eigenvalue weighted by atomic mass is 35.5. The monoisotopic (exact) mass is 277 g/mol. The minimum Gasteiger partial charge on any atom is -0.488 e. The molecule has 0 unspecified atom stereocenters. The molecule has 0 aliphatic heterocycles. The van der Waals surface area contributed by atoms with E-state index in [0.717, 1.165) is 0 Å². The van der Waals surface area contributed by atoms with Gasteiger partial charge in [0.15, 0.2) is 0 Å². The van der Waals surface area contributed by atoms with Gasteiger partial charge in [-0.15, -0.1) is 0 Å². The average Bonchev–Trinajstić information content (AvgIpc) is 2.30. The maximum absolute atomic E-state index is 11.2. The fourth-order valence-corrected chi connectivity index (χ4v) is 2.02. The first-order chi connectivity index (χ1) is 7.94. The molecule has 1 rings (SSSR count). The number of hydrogen-bond acceptors (Lipinski definition) is 3. The number of hydrogen-bond donors (Lipinski definition) is 1. The molecule has 1 aromatic carbocycles. The third kappa shape index (κ3) is 4.93. The van der Waals surface area contributed by atoms with Crippen LogP contribution in [0.3, 0.4) is 0 Å². The maximum atomic E-state index is 11.2. The van der Waals surface area contributed by atoms with Gasteiger partial charge in [-0.05, 0) is 26.0 Å². The minimum atomic E-state index is -3.18. The van der Waals surface area contributed by atoms with E-state index in [1.54, 1.807) is 32.0 Å². The molecule has 0 spiro atoms. The van der Waals surface area contributed by atoms with Crippen LogP contribution in [0, 0.1) is 0 Å². The predicted molar refractivity (Wildman–Crippen MR) is 69.0 cm³/mol. The Morgan fingerprint density at radius 2 is 2.06 bits per heavy atom. The summed E-state index contributed by atoms with van der Waals surface area (Å²) in [5, 5.41) is 0.512. The van der Waals surface area contributed by atoms with E-state index < -0.39 is 10.0 Å². The van der Waals surface area contributed by atoms with Crippen LogP contribution in [0.25, 0.3) is 0 Å². The normalized spacial score (nSPS) is 13.4. The highest BCUT2D eigenvalue weighted by Gasteiger charge is 2.11. The van der Waals surface area contributed by atoms with Crippen LogP contribution in [0.2, 0.25) is 5.02 Å². The van der Waals surface area contributed by atoms with Crippen molar-refractivity contribution in [2.75, 3.05) is 12.3 Å². The molecule has 96 valence electrons. The molecule has 17 heavy (non-hydrogen) atoms. The van der Waals surface area contributed by atoms with Crippen molar-refractivity contribution in [2.24, 2.45) is 0 Å². The summed E-state index contributed by atoms with van der Waals surface area (Å²) < 4.78 is 30.4. The van der Waals surface area contributed by atoms with Gasteiger partial charge in [0, 0.05) is 6.54 Å². The van der Waals surface area contributed by atoms with Crippen LogP contribution < -0.4 is 9.46 Å². The predicted octanol–water partition coefficient (Wildman–Crippen LogP) is 2.05. The Morgan fingerprint density at radius 3 is 2.65 bits per heavy atom. The summed E-state index contributed by atoms with van der Waals surface area (Å²) in [4.78, 5) is 0. The fraction of sp³-hybridized carbons (Fsp3) is 0.455. The van der Waals surface area contributed by atoms with Crippen LogP contribution >= 0.6 is 11.6 Å². The second-order valence-corrected chi connectivity index (χ2v) is 6.11. The van der Waals surface area contributed by atoms with Crippen LogP contribution in [0.4, 0.5) is 0 Å². The molecule has 0 saturated carbocycles. The summed E-state index contributed by atoms with van der Waals surface area (Å²) in [6, 6.07) is 7.08. The minimum absolute atomic E-state index is 0.0613. The summed E-state index contributed by atoms with van der Waals surface area (Å²) in [7, 11) is -3.18. The van der Waals surface area contributed by atoms with Gasteiger partial charge in [-0.2, -0.15) is 0 Å². The van der Waals surface area contributed by atoms with Gasteiger partial charge in [0.2, 0.25) is 10.0 Å². The van der Waals surface area contributed by atoms with Crippen LogP contribution in [-0.4, -0.2) is 26.8 Å². The molecule has 0 aliphatic carbocycles. The fourth-order valence-electron chi connectivity index (χ4n) is 1.15. The van der Waals surface area contributed by atoms with Crippen molar-refractivity contribution < 1.29 is 13.2 Å². The molecule has 0 radical (unpaired) electrons. The zero-order valence-corrected chi connectivity index (χ0v) is 11.4. The van der Waals surface area contributed by atoms with Crippen LogP contribution in [-0.2, 0) is 10.0 Å². The van der Waals surface area contributed by atoms with Gasteiger partial charge in [-0.1, -0.05) is 23.7 Å². The first kappa shape index (κ1) is 14.3. The number of benzene rings is 1. The first-order valence-electron chi connectivity index (χ1n) is 5.33. The molecule has 4 nitrogen and oxygen atoms in total. The summed E-state index contributed by atoms with van der Waals surface area (Å²) in [6.07, 6.45) is -0.281. The lowest BCUT2D eigenvalue weighted by Crippen LogP contribution is -2.34. The molecule has 0 amide bonds. The number of ether oxygens (including phenoxy) is 1. The number of rotatable bonds is 6. The molecule has 1 N–H and O–H groups in total. The summed E-state index contributed by atoms with van der Waals surface area (Å²) >= 11 is 5.92. The highest BCUT2D eigenvalue weighted by molar-refractivity contribution is 7.89. The third-order valence-electron chi connectivity index (χ3n) is 2.14. The van der Waals surface area contributed by atoms with Crippen molar-refractivity contribution in [3.8, 4) is 5.75 Å². The van der Waals surface area contributed by atoms with Crippen molar-refractivity contribution in [3.63, 3.8) is 0 Å². The van der Waals surface area contributed by atoms with Crippen molar-refractivity contribution in [3.05, 3.63) is 29.3 Å². The lowest BCUT2D eigenvalue weighted by atomic mass is 10.3. The van der Waals surface area contributed by atoms with E-state index in [4.69, 9.17) is 16.3 Å². The van der Waals surface area contributed by atoms with Gasteiger partial charge in [0.25, 0.3) is 0 Å². The number of para-hydroxylation sites is 1. The summed E-state index contributed by atoms with van der Waals surface area (Å²) in [5.74, 6) is 0.614. The Kier molecular flexibility index (Phi) is 5.24. The Balaban J connectivity index is 2.51. The van der Waals surface area contributed by atoms with Gasteiger partial charge >= 0.3 is 0 Å². The largest absolute Gasteiger partial charge is 0.488 e. The van der Waals surface area contributed by atoms with Crippen molar-refractivity contribution >= 4 is 21.6 Å². The SMILES string of the molecule is CCS(=O)(=O)NC[C@H](C)Oc1ccccc1Cl. The molecular formula is C11H16ClNO3S. The number of nitrogens with one attached hydrogen (secondary N) is 1. The Hall–Kier alpha value is -0.780. The topological polar surface area (TPSA) is 55.4 Å². The van der Waals surface area contributed by atoms with Gasteiger partial charge in [-0.3, -0.25) is 0 Å². The Labute approximate surface area is 107 Å².